The van der Waals surface area contributed by atoms with E-state index in [9.17, 15) is 14.4 Å². The molecule has 0 bridgehead atoms. The van der Waals surface area contributed by atoms with E-state index in [-0.39, 0.29) is 17.2 Å². The second kappa shape index (κ2) is 6.96. The topological polar surface area (TPSA) is 83.7 Å². The van der Waals surface area contributed by atoms with Crippen molar-refractivity contribution in [2.45, 2.75) is 33.7 Å². The lowest BCUT2D eigenvalue weighted by Crippen LogP contribution is -2.54. The Hall–Kier alpha value is -2.21. The SMILES string of the molecule is CC(C)C(C(=O)N(C)CC(C)(C)CN)N1C(=O)c2ccccc2C1=O. The van der Waals surface area contributed by atoms with Crippen molar-refractivity contribution in [3.8, 4) is 0 Å². The Morgan fingerprint density at radius 3 is 2.04 bits per heavy atom. The quantitative estimate of drug-likeness (QED) is 0.796. The maximum atomic E-state index is 13.0. The van der Waals surface area contributed by atoms with E-state index in [1.54, 1.807) is 36.2 Å². The monoisotopic (exact) mass is 345 g/mol. The van der Waals surface area contributed by atoms with Gasteiger partial charge in [0.15, 0.2) is 0 Å². The number of imide groups is 1. The first kappa shape index (κ1) is 19.1. The number of likely N-dealkylation sites (N-methyl/N-ethyl adjacent to an activating group) is 1. The first-order valence-corrected chi connectivity index (χ1v) is 8.52. The lowest BCUT2D eigenvalue weighted by Gasteiger charge is -2.35. The fourth-order valence-electron chi connectivity index (χ4n) is 3.16. The molecule has 0 aliphatic carbocycles. The molecular formula is C19H27N3O3. The van der Waals surface area contributed by atoms with Crippen LogP contribution in [0.1, 0.15) is 48.4 Å². The zero-order chi connectivity index (χ0) is 18.9. The first-order chi connectivity index (χ1) is 11.6. The fourth-order valence-corrected chi connectivity index (χ4v) is 3.16. The second-order valence-electron chi connectivity index (χ2n) is 7.78. The van der Waals surface area contributed by atoms with E-state index < -0.39 is 17.9 Å². The van der Waals surface area contributed by atoms with Gasteiger partial charge in [-0.2, -0.15) is 0 Å². The third-order valence-corrected chi connectivity index (χ3v) is 4.58. The minimum Gasteiger partial charge on any atom is -0.343 e. The highest BCUT2D eigenvalue weighted by Crippen LogP contribution is 2.28. The standard InChI is InChI=1S/C19H27N3O3/c1-12(2)15(18(25)21(5)11-19(3,4)10-20)22-16(23)13-8-6-7-9-14(13)17(22)24/h6-9,12,15H,10-11,20H2,1-5H3. The van der Waals surface area contributed by atoms with Crippen LogP contribution in [-0.2, 0) is 4.79 Å². The zero-order valence-electron chi connectivity index (χ0n) is 15.6. The number of rotatable bonds is 6. The van der Waals surface area contributed by atoms with Crippen LogP contribution in [0.15, 0.2) is 24.3 Å². The van der Waals surface area contributed by atoms with Gasteiger partial charge in [0, 0.05) is 13.6 Å². The lowest BCUT2D eigenvalue weighted by atomic mass is 9.92. The number of nitrogens with zero attached hydrogens (tertiary/aromatic N) is 2. The first-order valence-electron chi connectivity index (χ1n) is 8.52. The van der Waals surface area contributed by atoms with Crippen molar-refractivity contribution in [3.05, 3.63) is 35.4 Å². The summed E-state index contributed by atoms with van der Waals surface area (Å²) in [6, 6.07) is 5.86. The molecule has 136 valence electrons. The van der Waals surface area contributed by atoms with Crippen LogP contribution in [0.5, 0.6) is 0 Å². The summed E-state index contributed by atoms with van der Waals surface area (Å²) >= 11 is 0. The van der Waals surface area contributed by atoms with Gasteiger partial charge in [0.25, 0.3) is 11.8 Å². The molecule has 1 atom stereocenters. The van der Waals surface area contributed by atoms with Gasteiger partial charge < -0.3 is 10.6 Å². The molecule has 1 heterocycles. The Morgan fingerprint density at radius 1 is 1.16 bits per heavy atom. The Bertz CT molecular complexity index is 662. The van der Waals surface area contributed by atoms with Crippen molar-refractivity contribution < 1.29 is 14.4 Å². The van der Waals surface area contributed by atoms with Gasteiger partial charge in [0.1, 0.15) is 6.04 Å². The molecule has 0 aromatic heterocycles. The third-order valence-electron chi connectivity index (χ3n) is 4.58. The van der Waals surface area contributed by atoms with Gasteiger partial charge >= 0.3 is 0 Å². The number of nitrogens with two attached hydrogens (primary N) is 1. The Kier molecular flexibility index (Phi) is 5.32. The molecule has 0 spiro atoms. The molecule has 1 aliphatic rings. The summed E-state index contributed by atoms with van der Waals surface area (Å²) in [5.74, 6) is -1.25. The van der Waals surface area contributed by atoms with E-state index in [1.807, 2.05) is 27.7 Å². The Morgan fingerprint density at radius 2 is 1.64 bits per heavy atom. The number of carbonyl (C=O) groups excluding carboxylic acids is 3. The summed E-state index contributed by atoms with van der Waals surface area (Å²) in [7, 11) is 1.69. The molecule has 25 heavy (non-hydrogen) atoms. The van der Waals surface area contributed by atoms with Gasteiger partial charge in [-0.3, -0.25) is 19.3 Å². The summed E-state index contributed by atoms with van der Waals surface area (Å²) in [5, 5.41) is 0. The van der Waals surface area contributed by atoms with Crippen LogP contribution in [0.25, 0.3) is 0 Å². The molecule has 2 N–H and O–H groups in total. The molecule has 1 aliphatic heterocycles. The number of hydrogen-bond acceptors (Lipinski definition) is 4. The van der Waals surface area contributed by atoms with Gasteiger partial charge in [-0.05, 0) is 30.0 Å². The predicted molar refractivity (Wildman–Crippen MR) is 96.0 cm³/mol. The molecular weight excluding hydrogens is 318 g/mol. The highest BCUT2D eigenvalue weighted by atomic mass is 16.2. The van der Waals surface area contributed by atoms with Crippen molar-refractivity contribution in [3.63, 3.8) is 0 Å². The van der Waals surface area contributed by atoms with Gasteiger partial charge in [0.05, 0.1) is 11.1 Å². The van der Waals surface area contributed by atoms with Gasteiger partial charge in [-0.25, -0.2) is 0 Å². The van der Waals surface area contributed by atoms with E-state index in [0.717, 1.165) is 4.90 Å². The van der Waals surface area contributed by atoms with E-state index >= 15 is 0 Å². The zero-order valence-corrected chi connectivity index (χ0v) is 15.6. The van der Waals surface area contributed by atoms with Gasteiger partial charge in [0.2, 0.25) is 5.91 Å². The second-order valence-corrected chi connectivity index (χ2v) is 7.78. The summed E-state index contributed by atoms with van der Waals surface area (Å²) in [5.41, 5.74) is 6.23. The van der Waals surface area contributed by atoms with Crippen molar-refractivity contribution in [2.75, 3.05) is 20.1 Å². The van der Waals surface area contributed by atoms with E-state index in [1.165, 1.54) is 0 Å². The summed E-state index contributed by atoms with van der Waals surface area (Å²) in [4.78, 5) is 41.2. The van der Waals surface area contributed by atoms with Crippen LogP contribution in [-0.4, -0.2) is 53.7 Å². The van der Waals surface area contributed by atoms with Crippen LogP contribution in [0, 0.1) is 11.3 Å². The fraction of sp³-hybridized carbons (Fsp3) is 0.526. The molecule has 6 nitrogen and oxygen atoms in total. The molecule has 1 unspecified atom stereocenters. The minimum atomic E-state index is -0.828. The van der Waals surface area contributed by atoms with Gasteiger partial charge in [-0.15, -0.1) is 0 Å². The highest BCUT2D eigenvalue weighted by molar-refractivity contribution is 6.22. The normalized spacial score (nSPS) is 15.6. The number of amides is 3. The lowest BCUT2D eigenvalue weighted by molar-refractivity contribution is -0.136. The van der Waals surface area contributed by atoms with E-state index in [2.05, 4.69) is 0 Å². The molecule has 0 radical (unpaired) electrons. The smallest absolute Gasteiger partial charge is 0.262 e. The maximum absolute atomic E-state index is 13.0. The number of carbonyl (C=O) groups is 3. The van der Waals surface area contributed by atoms with Crippen LogP contribution in [0.2, 0.25) is 0 Å². The van der Waals surface area contributed by atoms with Crippen LogP contribution >= 0.6 is 0 Å². The van der Waals surface area contributed by atoms with E-state index in [0.29, 0.717) is 24.2 Å². The molecule has 3 amide bonds. The van der Waals surface area contributed by atoms with Crippen molar-refractivity contribution in [2.24, 2.45) is 17.1 Å². The van der Waals surface area contributed by atoms with Crippen molar-refractivity contribution in [1.29, 1.82) is 0 Å². The van der Waals surface area contributed by atoms with Crippen molar-refractivity contribution >= 4 is 17.7 Å². The maximum Gasteiger partial charge on any atom is 0.262 e. The average molecular weight is 345 g/mol. The molecule has 0 saturated heterocycles. The summed E-state index contributed by atoms with van der Waals surface area (Å²) in [6.45, 7) is 8.52. The van der Waals surface area contributed by atoms with Crippen LogP contribution in [0.4, 0.5) is 0 Å². The van der Waals surface area contributed by atoms with Gasteiger partial charge in [-0.1, -0.05) is 39.8 Å². The van der Waals surface area contributed by atoms with Crippen LogP contribution < -0.4 is 5.73 Å². The average Bonchev–Trinajstić information content (AvgIpc) is 2.80. The van der Waals surface area contributed by atoms with E-state index in [4.69, 9.17) is 5.73 Å². The molecule has 0 saturated carbocycles. The molecule has 1 aromatic rings. The Balaban J connectivity index is 2.32. The number of benzene rings is 1. The molecule has 1 aromatic carbocycles. The largest absolute Gasteiger partial charge is 0.343 e. The Labute approximate surface area is 149 Å². The predicted octanol–water partition coefficient (Wildman–Crippen LogP) is 1.75. The van der Waals surface area contributed by atoms with Crippen molar-refractivity contribution in [1.82, 2.24) is 9.80 Å². The summed E-state index contributed by atoms with van der Waals surface area (Å²) in [6.07, 6.45) is 0. The molecule has 2 rings (SSSR count). The van der Waals surface area contributed by atoms with Crippen LogP contribution in [0.3, 0.4) is 0 Å². The third kappa shape index (κ3) is 3.58. The molecule has 0 fully saturated rings. The molecule has 6 heteroatoms. The number of hydrogen-bond donors (Lipinski definition) is 1. The highest BCUT2D eigenvalue weighted by Gasteiger charge is 2.44. The summed E-state index contributed by atoms with van der Waals surface area (Å²) < 4.78 is 0. The number of fused-ring (bicyclic) bond motifs is 1. The minimum absolute atomic E-state index is 0.196.